The van der Waals surface area contributed by atoms with Crippen LogP contribution in [0.5, 0.6) is 0 Å². The number of piperidine rings is 1. The quantitative estimate of drug-likeness (QED) is 0.332. The van der Waals surface area contributed by atoms with E-state index >= 15 is 0 Å². The third-order valence-electron chi connectivity index (χ3n) is 6.97. The molecule has 3 N–H and O–H groups in total. The zero-order valence-corrected chi connectivity index (χ0v) is 21.3. The Labute approximate surface area is 218 Å². The number of hydrogen-bond acceptors (Lipinski definition) is 4. The predicted molar refractivity (Wildman–Crippen MR) is 147 cm³/mol. The van der Waals surface area contributed by atoms with Crippen molar-refractivity contribution < 1.29 is 13.2 Å². The fraction of sp³-hybridized carbons (Fsp3) is 0.233. The number of hydrogen-bond donors (Lipinski definition) is 3. The molecule has 0 aromatic heterocycles. The van der Waals surface area contributed by atoms with Crippen molar-refractivity contribution in [2.24, 2.45) is 5.92 Å². The minimum absolute atomic E-state index is 0.0311. The number of amides is 1. The van der Waals surface area contributed by atoms with Crippen LogP contribution in [0.2, 0.25) is 0 Å². The molecule has 1 saturated heterocycles. The Balaban J connectivity index is 1.26. The Kier molecular flexibility index (Phi) is 7.65. The Morgan fingerprint density at radius 2 is 1.43 bits per heavy atom. The van der Waals surface area contributed by atoms with Crippen molar-refractivity contribution in [1.82, 2.24) is 15.4 Å². The molecule has 2 atom stereocenters. The van der Waals surface area contributed by atoms with Crippen LogP contribution in [0.1, 0.15) is 23.5 Å². The van der Waals surface area contributed by atoms with Gasteiger partial charge in [-0.25, -0.2) is 13.1 Å². The first kappa shape index (κ1) is 25.1. The average Bonchev–Trinajstić information content (AvgIpc) is 2.94. The maximum absolute atomic E-state index is 13.3. The standard InChI is InChI=1S/C30H31N3O3S/c34-30(32-21-28(23-10-3-1-4-11-23)24-12-5-2-6-13-24)25-18-26(20-31-19-25)33-37(35,36)29-17-9-15-22-14-7-8-16-27(22)29/h1-17,25-26,28,31,33H,18-21H2,(H,32,34). The highest BCUT2D eigenvalue weighted by atomic mass is 32.2. The molecule has 0 radical (unpaired) electrons. The van der Waals surface area contributed by atoms with Gasteiger partial charge in [0, 0.05) is 37.0 Å². The molecule has 1 amide bonds. The zero-order valence-electron chi connectivity index (χ0n) is 20.5. The maximum atomic E-state index is 13.3. The minimum Gasteiger partial charge on any atom is -0.355 e. The molecule has 0 saturated carbocycles. The Bertz CT molecular complexity index is 1410. The molecule has 1 aliphatic rings. The van der Waals surface area contributed by atoms with Crippen LogP contribution in [-0.4, -0.2) is 40.0 Å². The number of rotatable bonds is 8. The molecule has 2 unspecified atom stereocenters. The second-order valence-electron chi connectivity index (χ2n) is 9.51. The summed E-state index contributed by atoms with van der Waals surface area (Å²) >= 11 is 0. The van der Waals surface area contributed by atoms with Crippen LogP contribution in [0, 0.1) is 5.92 Å². The number of carbonyl (C=O) groups is 1. The van der Waals surface area contributed by atoms with Gasteiger partial charge in [0.1, 0.15) is 0 Å². The van der Waals surface area contributed by atoms with E-state index in [0.29, 0.717) is 31.4 Å². The first-order valence-electron chi connectivity index (χ1n) is 12.6. The summed E-state index contributed by atoms with van der Waals surface area (Å²) < 4.78 is 29.4. The number of nitrogens with one attached hydrogen (secondary N) is 3. The van der Waals surface area contributed by atoms with Crippen molar-refractivity contribution in [3.05, 3.63) is 114 Å². The van der Waals surface area contributed by atoms with Crippen molar-refractivity contribution in [1.29, 1.82) is 0 Å². The molecular formula is C30H31N3O3S. The van der Waals surface area contributed by atoms with Gasteiger partial charge >= 0.3 is 0 Å². The van der Waals surface area contributed by atoms with Crippen molar-refractivity contribution in [2.45, 2.75) is 23.3 Å². The van der Waals surface area contributed by atoms with Crippen molar-refractivity contribution >= 4 is 26.7 Å². The third kappa shape index (κ3) is 5.91. The van der Waals surface area contributed by atoms with Gasteiger partial charge in [0.2, 0.25) is 15.9 Å². The monoisotopic (exact) mass is 513 g/mol. The van der Waals surface area contributed by atoms with Gasteiger partial charge < -0.3 is 10.6 Å². The molecule has 37 heavy (non-hydrogen) atoms. The second-order valence-corrected chi connectivity index (χ2v) is 11.2. The van der Waals surface area contributed by atoms with E-state index in [1.165, 1.54) is 0 Å². The largest absolute Gasteiger partial charge is 0.355 e. The van der Waals surface area contributed by atoms with Crippen LogP contribution in [0.25, 0.3) is 10.8 Å². The molecule has 4 aromatic carbocycles. The highest BCUT2D eigenvalue weighted by molar-refractivity contribution is 7.89. The third-order valence-corrected chi connectivity index (χ3v) is 8.55. The number of sulfonamides is 1. The first-order valence-corrected chi connectivity index (χ1v) is 14.1. The summed E-state index contributed by atoms with van der Waals surface area (Å²) in [4.78, 5) is 13.4. The van der Waals surface area contributed by atoms with E-state index in [2.05, 4.69) is 39.6 Å². The van der Waals surface area contributed by atoms with Gasteiger partial charge in [-0.15, -0.1) is 0 Å². The van der Waals surface area contributed by atoms with Crippen LogP contribution in [-0.2, 0) is 14.8 Å². The van der Waals surface area contributed by atoms with E-state index < -0.39 is 10.0 Å². The van der Waals surface area contributed by atoms with Gasteiger partial charge in [-0.1, -0.05) is 97.1 Å². The lowest BCUT2D eigenvalue weighted by Gasteiger charge is -2.30. The Hall–Kier alpha value is -3.52. The lowest BCUT2D eigenvalue weighted by molar-refractivity contribution is -0.125. The van der Waals surface area contributed by atoms with Crippen LogP contribution in [0.3, 0.4) is 0 Å². The zero-order chi connectivity index (χ0) is 25.7. The van der Waals surface area contributed by atoms with Gasteiger partial charge in [0.05, 0.1) is 10.8 Å². The van der Waals surface area contributed by atoms with E-state index in [1.807, 2.05) is 66.7 Å². The molecule has 5 rings (SSSR count). The van der Waals surface area contributed by atoms with Gasteiger partial charge in [-0.2, -0.15) is 0 Å². The molecule has 190 valence electrons. The molecule has 6 nitrogen and oxygen atoms in total. The summed E-state index contributed by atoms with van der Waals surface area (Å²) in [5.41, 5.74) is 2.27. The highest BCUT2D eigenvalue weighted by Crippen LogP contribution is 2.25. The van der Waals surface area contributed by atoms with Crippen LogP contribution < -0.4 is 15.4 Å². The lowest BCUT2D eigenvalue weighted by atomic mass is 9.90. The van der Waals surface area contributed by atoms with E-state index in [0.717, 1.165) is 16.5 Å². The molecule has 0 bridgehead atoms. The summed E-state index contributed by atoms with van der Waals surface area (Å²) in [7, 11) is -3.76. The maximum Gasteiger partial charge on any atom is 0.241 e. The summed E-state index contributed by atoms with van der Waals surface area (Å²) in [6.07, 6.45) is 0.435. The molecule has 7 heteroatoms. The topological polar surface area (TPSA) is 87.3 Å². The van der Waals surface area contributed by atoms with E-state index in [-0.39, 0.29) is 28.7 Å². The number of fused-ring (bicyclic) bond motifs is 1. The van der Waals surface area contributed by atoms with Gasteiger partial charge in [-0.05, 0) is 29.0 Å². The summed E-state index contributed by atoms with van der Waals surface area (Å²) in [5.74, 6) is -0.372. The van der Waals surface area contributed by atoms with E-state index in [4.69, 9.17) is 0 Å². The van der Waals surface area contributed by atoms with Crippen molar-refractivity contribution in [3.8, 4) is 0 Å². The van der Waals surface area contributed by atoms with Gasteiger partial charge in [0.15, 0.2) is 0 Å². The molecule has 1 fully saturated rings. The van der Waals surface area contributed by atoms with Crippen LogP contribution in [0.4, 0.5) is 0 Å². The van der Waals surface area contributed by atoms with Crippen molar-refractivity contribution in [2.75, 3.05) is 19.6 Å². The Morgan fingerprint density at radius 3 is 2.14 bits per heavy atom. The van der Waals surface area contributed by atoms with Crippen molar-refractivity contribution in [3.63, 3.8) is 0 Å². The van der Waals surface area contributed by atoms with E-state index in [9.17, 15) is 13.2 Å². The van der Waals surface area contributed by atoms with Crippen LogP contribution >= 0.6 is 0 Å². The molecule has 1 aliphatic heterocycles. The van der Waals surface area contributed by atoms with Gasteiger partial charge in [-0.3, -0.25) is 4.79 Å². The fourth-order valence-corrected chi connectivity index (χ4v) is 6.57. The fourth-order valence-electron chi connectivity index (χ4n) is 5.09. The lowest BCUT2D eigenvalue weighted by Crippen LogP contribution is -2.52. The number of benzene rings is 4. The second kappa shape index (κ2) is 11.3. The summed E-state index contributed by atoms with van der Waals surface area (Å²) in [5, 5.41) is 7.93. The molecule has 4 aromatic rings. The number of carbonyl (C=O) groups excluding carboxylic acids is 1. The molecular weight excluding hydrogens is 482 g/mol. The van der Waals surface area contributed by atoms with Crippen LogP contribution in [0.15, 0.2) is 108 Å². The predicted octanol–water partition coefficient (Wildman–Crippen LogP) is 4.04. The SMILES string of the molecule is O=C(NCC(c1ccccc1)c1ccccc1)C1CNCC(NS(=O)(=O)c2cccc3ccccc23)C1. The van der Waals surface area contributed by atoms with E-state index in [1.54, 1.807) is 12.1 Å². The normalized spacial score (nSPS) is 18.1. The van der Waals surface area contributed by atoms with Gasteiger partial charge in [0.25, 0.3) is 0 Å². The smallest absolute Gasteiger partial charge is 0.241 e. The molecule has 0 spiro atoms. The minimum atomic E-state index is -3.76. The molecule has 1 heterocycles. The summed E-state index contributed by atoms with van der Waals surface area (Å²) in [6.45, 7) is 1.46. The average molecular weight is 514 g/mol. The Morgan fingerprint density at radius 1 is 0.811 bits per heavy atom. The highest BCUT2D eigenvalue weighted by Gasteiger charge is 2.31. The first-order chi connectivity index (χ1) is 18.0. The molecule has 0 aliphatic carbocycles. The summed E-state index contributed by atoms with van der Waals surface area (Å²) in [6, 6.07) is 32.6.